The Morgan fingerprint density at radius 1 is 0.842 bits per heavy atom. The van der Waals surface area contributed by atoms with Crippen molar-refractivity contribution in [3.8, 4) is 16.9 Å². The van der Waals surface area contributed by atoms with Crippen molar-refractivity contribution in [2.45, 2.75) is 25.4 Å². The number of anilines is 1. The predicted octanol–water partition coefficient (Wildman–Crippen LogP) is 7.38. The number of hydrogen-bond acceptors (Lipinski definition) is 5. The van der Waals surface area contributed by atoms with Gasteiger partial charge < -0.3 is 10.1 Å². The van der Waals surface area contributed by atoms with E-state index in [2.05, 4.69) is 99.3 Å². The third-order valence-corrected chi connectivity index (χ3v) is 7.22. The van der Waals surface area contributed by atoms with Crippen LogP contribution in [0, 0.1) is 0 Å². The Morgan fingerprint density at radius 2 is 1.58 bits per heavy atom. The van der Waals surface area contributed by atoms with Crippen LogP contribution in [0.4, 0.5) is 5.82 Å². The van der Waals surface area contributed by atoms with Gasteiger partial charge in [-0.2, -0.15) is 5.10 Å². The van der Waals surface area contributed by atoms with E-state index in [9.17, 15) is 0 Å². The zero-order chi connectivity index (χ0) is 24.3. The predicted molar refractivity (Wildman–Crippen MR) is 162 cm³/mol. The van der Waals surface area contributed by atoms with Crippen molar-refractivity contribution in [3.63, 3.8) is 0 Å². The number of nitrogens with zero attached hydrogens (tertiary/aromatic N) is 3. The summed E-state index contributed by atoms with van der Waals surface area (Å²) in [4.78, 5) is 2.55. The van der Waals surface area contributed by atoms with Crippen LogP contribution in [0.5, 0.6) is 5.75 Å². The van der Waals surface area contributed by atoms with Crippen LogP contribution in [0.1, 0.15) is 18.4 Å². The first-order valence-electron chi connectivity index (χ1n) is 12.6. The number of hydrogen-bond donors (Lipinski definition) is 1. The van der Waals surface area contributed by atoms with E-state index in [0.717, 1.165) is 65.9 Å². The molecule has 38 heavy (non-hydrogen) atoms. The first-order valence-corrected chi connectivity index (χ1v) is 12.6. The van der Waals surface area contributed by atoms with E-state index in [1.807, 2.05) is 12.3 Å². The number of rotatable bonds is 6. The van der Waals surface area contributed by atoms with Gasteiger partial charge in [0.2, 0.25) is 0 Å². The Morgan fingerprint density at radius 3 is 2.34 bits per heavy atom. The number of fused-ring (bicyclic) bond motifs is 2. The Balaban J connectivity index is 0.00000168. The van der Waals surface area contributed by atoms with Crippen molar-refractivity contribution in [3.05, 3.63) is 96.7 Å². The summed E-state index contributed by atoms with van der Waals surface area (Å²) in [5.74, 6) is 1.65. The number of benzene rings is 4. The number of nitrogens with one attached hydrogen (secondary N) is 1. The second-order valence-electron chi connectivity index (χ2n) is 9.57. The summed E-state index contributed by atoms with van der Waals surface area (Å²) in [6.07, 6.45) is 4.00. The average Bonchev–Trinajstić information content (AvgIpc) is 2.94. The molecule has 1 saturated heterocycles. The van der Waals surface area contributed by atoms with Gasteiger partial charge in [-0.05, 0) is 58.5 Å². The van der Waals surface area contributed by atoms with Crippen molar-refractivity contribution in [2.75, 3.05) is 25.5 Å². The number of aromatic nitrogens is 2. The van der Waals surface area contributed by atoms with Gasteiger partial charge in [0.05, 0.1) is 13.3 Å². The number of ether oxygens (including phenoxy) is 1. The first kappa shape index (κ1) is 27.6. The Kier molecular flexibility index (Phi) is 9.05. The fourth-order valence-electron chi connectivity index (χ4n) is 5.27. The minimum atomic E-state index is 0. The highest BCUT2D eigenvalue weighted by Gasteiger charge is 2.21. The number of methoxy groups -OCH3 is 1. The van der Waals surface area contributed by atoms with Crippen LogP contribution in [-0.4, -0.2) is 41.3 Å². The van der Waals surface area contributed by atoms with Gasteiger partial charge in [-0.25, -0.2) is 0 Å². The van der Waals surface area contributed by atoms with Crippen molar-refractivity contribution in [1.29, 1.82) is 0 Å². The quantitative estimate of drug-likeness (QED) is 0.240. The largest absolute Gasteiger partial charge is 0.497 e. The van der Waals surface area contributed by atoms with E-state index in [1.54, 1.807) is 7.11 Å². The highest BCUT2D eigenvalue weighted by molar-refractivity contribution is 6.02. The number of likely N-dealkylation sites (tertiary alicyclic amines) is 1. The second-order valence-corrected chi connectivity index (χ2v) is 9.57. The lowest BCUT2D eigenvalue weighted by Crippen LogP contribution is -2.38. The van der Waals surface area contributed by atoms with Crippen LogP contribution in [0.25, 0.3) is 32.7 Å². The van der Waals surface area contributed by atoms with Gasteiger partial charge in [-0.3, -0.25) is 4.90 Å². The van der Waals surface area contributed by atoms with Crippen molar-refractivity contribution < 1.29 is 4.74 Å². The summed E-state index contributed by atoms with van der Waals surface area (Å²) >= 11 is 0. The van der Waals surface area contributed by atoms with E-state index in [4.69, 9.17) is 4.74 Å². The third kappa shape index (κ3) is 5.86. The van der Waals surface area contributed by atoms with Crippen LogP contribution < -0.4 is 10.1 Å². The van der Waals surface area contributed by atoms with Crippen LogP contribution in [0.3, 0.4) is 0 Å². The summed E-state index contributed by atoms with van der Waals surface area (Å²) in [5.41, 5.74) is 3.62. The van der Waals surface area contributed by atoms with Crippen molar-refractivity contribution in [2.24, 2.45) is 0 Å². The lowest BCUT2D eigenvalue weighted by molar-refractivity contribution is 0.211. The maximum atomic E-state index is 5.64. The van der Waals surface area contributed by atoms with Gasteiger partial charge in [0.15, 0.2) is 5.82 Å². The molecule has 1 aliphatic rings. The zero-order valence-corrected chi connectivity index (χ0v) is 23.0. The van der Waals surface area contributed by atoms with E-state index < -0.39 is 0 Å². The fourth-order valence-corrected chi connectivity index (χ4v) is 5.27. The van der Waals surface area contributed by atoms with E-state index in [0.29, 0.717) is 6.04 Å². The highest BCUT2D eigenvalue weighted by Crippen LogP contribution is 2.35. The third-order valence-electron chi connectivity index (χ3n) is 7.22. The molecule has 5 aromatic rings. The molecule has 1 aliphatic heterocycles. The zero-order valence-electron chi connectivity index (χ0n) is 21.3. The molecule has 196 valence electrons. The van der Waals surface area contributed by atoms with E-state index >= 15 is 0 Å². The van der Waals surface area contributed by atoms with Gasteiger partial charge in [-0.15, -0.1) is 29.9 Å². The second kappa shape index (κ2) is 12.4. The van der Waals surface area contributed by atoms with Gasteiger partial charge in [0, 0.05) is 36.4 Å². The molecule has 0 amide bonds. The molecule has 4 aromatic carbocycles. The van der Waals surface area contributed by atoms with Gasteiger partial charge in [0.1, 0.15) is 5.75 Å². The first-order chi connectivity index (χ1) is 17.8. The van der Waals surface area contributed by atoms with Crippen LogP contribution in [0.15, 0.2) is 91.1 Å². The van der Waals surface area contributed by atoms with E-state index in [-0.39, 0.29) is 24.8 Å². The molecule has 0 unspecified atom stereocenters. The normalized spacial score (nSPS) is 14.0. The van der Waals surface area contributed by atoms with Gasteiger partial charge in [0.25, 0.3) is 0 Å². The van der Waals surface area contributed by atoms with Crippen LogP contribution in [0.2, 0.25) is 0 Å². The molecule has 0 spiro atoms. The molecule has 7 heteroatoms. The molecule has 1 N–H and O–H groups in total. The molecule has 0 aliphatic carbocycles. The molecular weight excluding hydrogens is 515 g/mol. The molecule has 1 fully saturated rings. The maximum Gasteiger partial charge on any atom is 0.156 e. The van der Waals surface area contributed by atoms with Crippen LogP contribution in [-0.2, 0) is 6.54 Å². The molecule has 0 saturated carbocycles. The fraction of sp³-hybridized carbons (Fsp3) is 0.226. The summed E-state index contributed by atoms with van der Waals surface area (Å²) in [6, 6.07) is 30.3. The summed E-state index contributed by atoms with van der Waals surface area (Å²) in [7, 11) is 1.71. The topological polar surface area (TPSA) is 50.3 Å². The molecule has 5 nitrogen and oxygen atoms in total. The Labute approximate surface area is 236 Å². The van der Waals surface area contributed by atoms with E-state index in [1.165, 1.54) is 16.3 Å². The maximum absolute atomic E-state index is 5.64. The molecule has 0 bridgehead atoms. The lowest BCUT2D eigenvalue weighted by atomic mass is 9.98. The number of piperidine rings is 1. The monoisotopic (exact) mass is 546 g/mol. The van der Waals surface area contributed by atoms with Crippen molar-refractivity contribution >= 4 is 52.2 Å². The Hall–Kier alpha value is -3.38. The molecule has 6 rings (SSSR count). The number of halogens is 2. The molecule has 1 aromatic heterocycles. The molecular formula is C31H32Cl2N4O. The summed E-state index contributed by atoms with van der Waals surface area (Å²) in [6.45, 7) is 3.10. The Bertz CT molecular complexity index is 1500. The SMILES string of the molecule is COc1cc(-c2ccccc2)c2cnnc(NC3CCN(Cc4ccc5ccccc5c4)CC3)c2c1.Cl.Cl. The minimum Gasteiger partial charge on any atom is -0.497 e. The molecule has 0 radical (unpaired) electrons. The average molecular weight is 548 g/mol. The lowest BCUT2D eigenvalue weighted by Gasteiger charge is -2.32. The molecule has 0 atom stereocenters. The van der Waals surface area contributed by atoms with Crippen molar-refractivity contribution in [1.82, 2.24) is 15.1 Å². The molecule has 2 heterocycles. The smallest absolute Gasteiger partial charge is 0.156 e. The van der Waals surface area contributed by atoms with Gasteiger partial charge in [-0.1, -0.05) is 66.7 Å². The minimum absolute atomic E-state index is 0. The standard InChI is InChI=1S/C31H30N4O.2ClH/c1-36-27-18-28(24-8-3-2-4-9-24)30-20-32-34-31(29(30)19-27)33-26-13-15-35(16-14-26)21-22-11-12-23-7-5-6-10-25(23)17-22;;/h2-12,17-20,26H,13-16,21H2,1H3,(H,33,34);2*1H. The summed E-state index contributed by atoms with van der Waals surface area (Å²) < 4.78 is 5.64. The van der Waals surface area contributed by atoms with Gasteiger partial charge >= 0.3 is 0 Å². The van der Waals surface area contributed by atoms with Crippen LogP contribution >= 0.6 is 24.8 Å². The summed E-state index contributed by atoms with van der Waals surface area (Å²) in [5, 5.41) is 17.3. The highest BCUT2D eigenvalue weighted by atomic mass is 35.5.